The van der Waals surface area contributed by atoms with E-state index < -0.39 is 0 Å². The lowest BCUT2D eigenvalue weighted by molar-refractivity contribution is 0.0947. The summed E-state index contributed by atoms with van der Waals surface area (Å²) in [7, 11) is 0. The number of anilines is 1. The fourth-order valence-corrected chi connectivity index (χ4v) is 1.75. The molecule has 5 nitrogen and oxygen atoms in total. The summed E-state index contributed by atoms with van der Waals surface area (Å²) < 4.78 is 0. The monoisotopic (exact) mass is 238 g/mol. The van der Waals surface area contributed by atoms with Crippen molar-refractivity contribution in [3.63, 3.8) is 0 Å². The Morgan fingerprint density at radius 3 is 2.88 bits per heavy atom. The third kappa shape index (κ3) is 4.09. The summed E-state index contributed by atoms with van der Waals surface area (Å²) in [6.07, 6.45) is 6.11. The molecule has 4 N–H and O–H groups in total. The van der Waals surface area contributed by atoms with Crippen LogP contribution in [0.5, 0.6) is 0 Å². The van der Waals surface area contributed by atoms with Gasteiger partial charge in [0.15, 0.2) is 0 Å². The van der Waals surface area contributed by atoms with Crippen LogP contribution in [0.1, 0.15) is 49.9 Å². The van der Waals surface area contributed by atoms with Crippen molar-refractivity contribution in [1.82, 2.24) is 15.5 Å². The molecule has 0 radical (unpaired) electrons. The fourth-order valence-electron chi connectivity index (χ4n) is 1.75. The zero-order valence-electron chi connectivity index (χ0n) is 10.6. The van der Waals surface area contributed by atoms with Gasteiger partial charge in [0, 0.05) is 6.54 Å². The van der Waals surface area contributed by atoms with E-state index in [1.807, 2.05) is 0 Å². The highest BCUT2D eigenvalue weighted by molar-refractivity contribution is 5.98. The molecule has 0 aromatic carbocycles. The highest BCUT2D eigenvalue weighted by atomic mass is 16.1. The van der Waals surface area contributed by atoms with Crippen molar-refractivity contribution in [2.24, 2.45) is 5.92 Å². The smallest absolute Gasteiger partial charge is 0.256 e. The molecule has 0 fully saturated rings. The standard InChI is InChI=1S/C12H22N4O/c1-3-5-6-9(4-2)7-14-12(17)10-8-15-16-11(10)13/h8-9H,3-7H2,1-2H3,(H,14,17)(H3,13,15,16). The predicted molar refractivity (Wildman–Crippen MR) is 68.6 cm³/mol. The summed E-state index contributed by atoms with van der Waals surface area (Å²) in [6, 6.07) is 0. The molecule has 0 aliphatic carbocycles. The third-order valence-electron chi connectivity index (χ3n) is 3.01. The maximum atomic E-state index is 11.8. The first-order chi connectivity index (χ1) is 8.19. The lowest BCUT2D eigenvalue weighted by Gasteiger charge is -2.14. The van der Waals surface area contributed by atoms with E-state index >= 15 is 0 Å². The normalized spacial score (nSPS) is 12.4. The van der Waals surface area contributed by atoms with E-state index in [1.165, 1.54) is 19.0 Å². The van der Waals surface area contributed by atoms with Crippen LogP contribution in [-0.2, 0) is 0 Å². The van der Waals surface area contributed by atoms with E-state index in [-0.39, 0.29) is 5.91 Å². The number of hydrogen-bond donors (Lipinski definition) is 3. The van der Waals surface area contributed by atoms with Crippen molar-refractivity contribution in [2.45, 2.75) is 39.5 Å². The Kier molecular flexibility index (Phi) is 5.52. The Bertz CT molecular complexity index is 348. The summed E-state index contributed by atoms with van der Waals surface area (Å²) in [5, 5.41) is 9.19. The van der Waals surface area contributed by atoms with Gasteiger partial charge >= 0.3 is 0 Å². The lowest BCUT2D eigenvalue weighted by Crippen LogP contribution is -2.29. The highest BCUT2D eigenvalue weighted by Crippen LogP contribution is 2.12. The van der Waals surface area contributed by atoms with Crippen LogP contribution >= 0.6 is 0 Å². The van der Waals surface area contributed by atoms with E-state index in [2.05, 4.69) is 29.4 Å². The average molecular weight is 238 g/mol. The van der Waals surface area contributed by atoms with Crippen molar-refractivity contribution in [3.8, 4) is 0 Å². The molecule has 0 spiro atoms. The number of amides is 1. The molecule has 1 atom stereocenters. The minimum atomic E-state index is -0.147. The number of aromatic amines is 1. The Balaban J connectivity index is 2.39. The number of carbonyl (C=O) groups excluding carboxylic acids is 1. The molecule has 0 bridgehead atoms. The number of nitrogens with zero attached hydrogens (tertiary/aromatic N) is 1. The van der Waals surface area contributed by atoms with Crippen molar-refractivity contribution < 1.29 is 4.79 Å². The molecule has 17 heavy (non-hydrogen) atoms. The van der Waals surface area contributed by atoms with E-state index in [4.69, 9.17) is 5.73 Å². The lowest BCUT2D eigenvalue weighted by atomic mass is 9.99. The van der Waals surface area contributed by atoms with Gasteiger partial charge in [-0.3, -0.25) is 9.89 Å². The van der Waals surface area contributed by atoms with Gasteiger partial charge in [-0.15, -0.1) is 0 Å². The maximum Gasteiger partial charge on any atom is 0.256 e. The van der Waals surface area contributed by atoms with Gasteiger partial charge in [-0.25, -0.2) is 0 Å². The Morgan fingerprint density at radius 1 is 1.59 bits per heavy atom. The van der Waals surface area contributed by atoms with Gasteiger partial charge in [-0.1, -0.05) is 33.1 Å². The summed E-state index contributed by atoms with van der Waals surface area (Å²) >= 11 is 0. The number of rotatable bonds is 7. The van der Waals surface area contributed by atoms with Gasteiger partial charge in [-0.05, 0) is 12.3 Å². The molecule has 1 aromatic rings. The largest absolute Gasteiger partial charge is 0.383 e. The van der Waals surface area contributed by atoms with Gasteiger partial charge < -0.3 is 11.1 Å². The number of hydrogen-bond acceptors (Lipinski definition) is 3. The molecular formula is C12H22N4O. The van der Waals surface area contributed by atoms with Crippen LogP contribution < -0.4 is 11.1 Å². The van der Waals surface area contributed by atoms with Crippen molar-refractivity contribution in [3.05, 3.63) is 11.8 Å². The maximum absolute atomic E-state index is 11.8. The van der Waals surface area contributed by atoms with Gasteiger partial charge in [0.25, 0.3) is 5.91 Å². The van der Waals surface area contributed by atoms with Crippen LogP contribution in [0.25, 0.3) is 0 Å². The molecule has 96 valence electrons. The first-order valence-corrected chi connectivity index (χ1v) is 6.26. The second kappa shape index (κ2) is 6.93. The third-order valence-corrected chi connectivity index (χ3v) is 3.01. The van der Waals surface area contributed by atoms with E-state index in [9.17, 15) is 4.79 Å². The quantitative estimate of drug-likeness (QED) is 0.678. The second-order valence-corrected chi connectivity index (χ2v) is 4.32. The van der Waals surface area contributed by atoms with Crippen LogP contribution in [0.2, 0.25) is 0 Å². The van der Waals surface area contributed by atoms with Gasteiger partial charge in [0.2, 0.25) is 0 Å². The highest BCUT2D eigenvalue weighted by Gasteiger charge is 2.13. The average Bonchev–Trinajstić information content (AvgIpc) is 2.75. The number of nitrogens with two attached hydrogens (primary N) is 1. The van der Waals surface area contributed by atoms with Crippen LogP contribution in [0.3, 0.4) is 0 Å². The molecule has 1 aromatic heterocycles. The van der Waals surface area contributed by atoms with Crippen molar-refractivity contribution in [2.75, 3.05) is 12.3 Å². The number of aromatic nitrogens is 2. The first kappa shape index (κ1) is 13.5. The molecule has 1 heterocycles. The summed E-state index contributed by atoms with van der Waals surface area (Å²) in [6.45, 7) is 5.04. The van der Waals surface area contributed by atoms with Gasteiger partial charge in [0.1, 0.15) is 11.4 Å². The number of unbranched alkanes of at least 4 members (excludes halogenated alkanes) is 1. The summed E-state index contributed by atoms with van der Waals surface area (Å²) in [5.41, 5.74) is 6.01. The molecule has 1 amide bonds. The van der Waals surface area contributed by atoms with Gasteiger partial charge in [0.05, 0.1) is 6.20 Å². The van der Waals surface area contributed by atoms with E-state index in [0.717, 1.165) is 12.8 Å². The molecule has 0 aliphatic heterocycles. The summed E-state index contributed by atoms with van der Waals surface area (Å²) in [4.78, 5) is 11.8. The number of H-pyrrole nitrogens is 1. The number of nitrogen functional groups attached to an aromatic ring is 1. The van der Waals surface area contributed by atoms with E-state index in [0.29, 0.717) is 23.8 Å². The number of nitrogens with one attached hydrogen (secondary N) is 2. The zero-order chi connectivity index (χ0) is 12.7. The predicted octanol–water partition coefficient (Wildman–Crippen LogP) is 1.94. The SMILES string of the molecule is CCCCC(CC)CNC(=O)c1cn[nH]c1N. The topological polar surface area (TPSA) is 83.8 Å². The first-order valence-electron chi connectivity index (χ1n) is 6.26. The van der Waals surface area contributed by atoms with Crippen molar-refractivity contribution in [1.29, 1.82) is 0 Å². The molecule has 0 saturated carbocycles. The van der Waals surface area contributed by atoms with Crippen molar-refractivity contribution >= 4 is 11.7 Å². The second-order valence-electron chi connectivity index (χ2n) is 4.32. The molecule has 1 rings (SSSR count). The Labute approximate surface area is 102 Å². The van der Waals surface area contributed by atoms with E-state index in [1.54, 1.807) is 0 Å². The Hall–Kier alpha value is -1.52. The molecule has 0 saturated heterocycles. The molecule has 1 unspecified atom stereocenters. The molecule has 0 aliphatic rings. The fraction of sp³-hybridized carbons (Fsp3) is 0.667. The minimum absolute atomic E-state index is 0.147. The zero-order valence-corrected chi connectivity index (χ0v) is 10.6. The van der Waals surface area contributed by atoms with Crippen LogP contribution in [0.15, 0.2) is 6.20 Å². The van der Waals surface area contributed by atoms with Crippen LogP contribution in [-0.4, -0.2) is 22.6 Å². The van der Waals surface area contributed by atoms with Gasteiger partial charge in [-0.2, -0.15) is 5.10 Å². The van der Waals surface area contributed by atoms with Crippen LogP contribution in [0, 0.1) is 5.92 Å². The summed E-state index contributed by atoms with van der Waals surface area (Å²) in [5.74, 6) is 0.724. The number of carbonyl (C=O) groups is 1. The minimum Gasteiger partial charge on any atom is -0.383 e. The molecule has 5 heteroatoms. The Morgan fingerprint density at radius 2 is 2.35 bits per heavy atom. The van der Waals surface area contributed by atoms with Crippen LogP contribution in [0.4, 0.5) is 5.82 Å². The molecular weight excluding hydrogens is 216 g/mol.